The highest BCUT2D eigenvalue weighted by atomic mass is 79.9. The van der Waals surface area contributed by atoms with Gasteiger partial charge in [-0.25, -0.2) is 0 Å². The van der Waals surface area contributed by atoms with Crippen molar-refractivity contribution in [1.82, 2.24) is 5.32 Å². The largest absolute Gasteiger partial charge is 0.417 e. The van der Waals surface area contributed by atoms with Gasteiger partial charge in [-0.15, -0.1) is 11.3 Å². The molecular weight excluding hydrogens is 351 g/mol. The fourth-order valence-corrected chi connectivity index (χ4v) is 3.21. The van der Waals surface area contributed by atoms with E-state index in [0.717, 1.165) is 17.5 Å². The number of alkyl halides is 3. The van der Waals surface area contributed by atoms with E-state index in [9.17, 15) is 13.2 Å². The second-order valence-electron chi connectivity index (χ2n) is 4.23. The van der Waals surface area contributed by atoms with E-state index in [-0.39, 0.29) is 5.56 Å². The molecule has 0 unspecified atom stereocenters. The van der Waals surface area contributed by atoms with Crippen molar-refractivity contribution in [2.75, 3.05) is 6.54 Å². The molecule has 1 N–H and O–H groups in total. The molecule has 20 heavy (non-hydrogen) atoms. The number of thiophene rings is 1. The summed E-state index contributed by atoms with van der Waals surface area (Å²) >= 11 is 4.48. The Bertz CT molecular complexity index is 592. The maximum absolute atomic E-state index is 13.1. The van der Waals surface area contributed by atoms with Crippen LogP contribution in [0.5, 0.6) is 0 Å². The van der Waals surface area contributed by atoms with Crippen molar-refractivity contribution in [3.63, 3.8) is 0 Å². The van der Waals surface area contributed by atoms with Crippen LogP contribution in [0.1, 0.15) is 17.4 Å². The van der Waals surface area contributed by atoms with Crippen molar-refractivity contribution in [3.05, 3.63) is 45.2 Å². The van der Waals surface area contributed by atoms with E-state index >= 15 is 0 Å². The first kappa shape index (κ1) is 15.5. The van der Waals surface area contributed by atoms with Gasteiger partial charge in [0, 0.05) is 26.3 Å². The molecule has 0 radical (unpaired) electrons. The monoisotopic (exact) mass is 363 g/mol. The minimum absolute atomic E-state index is 0.230. The van der Waals surface area contributed by atoms with Gasteiger partial charge >= 0.3 is 6.18 Å². The molecule has 6 heteroatoms. The van der Waals surface area contributed by atoms with Gasteiger partial charge in [-0.2, -0.15) is 13.2 Å². The van der Waals surface area contributed by atoms with Gasteiger partial charge in [-0.3, -0.25) is 0 Å². The van der Waals surface area contributed by atoms with Gasteiger partial charge < -0.3 is 5.32 Å². The first-order valence-corrected chi connectivity index (χ1v) is 7.69. The Hall–Kier alpha value is -0.850. The van der Waals surface area contributed by atoms with Crippen molar-refractivity contribution in [3.8, 4) is 10.4 Å². The molecule has 0 aliphatic heterocycles. The molecule has 0 aliphatic rings. The highest BCUT2D eigenvalue weighted by Gasteiger charge is 2.34. The van der Waals surface area contributed by atoms with E-state index in [1.165, 1.54) is 17.4 Å². The van der Waals surface area contributed by atoms with Crippen LogP contribution in [0.3, 0.4) is 0 Å². The lowest BCUT2D eigenvalue weighted by Gasteiger charge is -2.12. The molecule has 1 aromatic carbocycles. The Kier molecular flexibility index (Phi) is 4.88. The molecule has 108 valence electrons. The summed E-state index contributed by atoms with van der Waals surface area (Å²) in [6.07, 6.45) is -4.36. The number of hydrogen-bond acceptors (Lipinski definition) is 2. The molecule has 2 aromatic rings. The van der Waals surface area contributed by atoms with Gasteiger partial charge in [-0.1, -0.05) is 28.9 Å². The van der Waals surface area contributed by atoms with E-state index < -0.39 is 11.7 Å². The number of benzene rings is 1. The standard InChI is InChI=1S/C14H13BrF3NS/c1-2-19-8-10-4-6-13(20-10)11-5-3-9(15)7-12(11)14(16,17)18/h3-7,19H,2,8H2,1H3. The third kappa shape index (κ3) is 3.62. The molecule has 0 fully saturated rings. The molecule has 1 aromatic heterocycles. The Morgan fingerprint density at radius 1 is 1.20 bits per heavy atom. The number of rotatable bonds is 4. The Morgan fingerprint density at radius 2 is 1.95 bits per heavy atom. The van der Waals surface area contributed by atoms with Crippen molar-refractivity contribution in [1.29, 1.82) is 0 Å². The van der Waals surface area contributed by atoms with Crippen LogP contribution in [-0.4, -0.2) is 6.54 Å². The molecule has 0 spiro atoms. The zero-order valence-corrected chi connectivity index (χ0v) is 13.1. The molecule has 0 amide bonds. The molecule has 0 bridgehead atoms. The SMILES string of the molecule is CCNCc1ccc(-c2ccc(Br)cc2C(F)(F)F)s1. The first-order valence-electron chi connectivity index (χ1n) is 6.08. The molecule has 2 rings (SSSR count). The van der Waals surface area contributed by atoms with E-state index in [1.54, 1.807) is 12.1 Å². The summed E-state index contributed by atoms with van der Waals surface area (Å²) in [5, 5.41) is 3.16. The van der Waals surface area contributed by atoms with Crippen molar-refractivity contribution >= 4 is 27.3 Å². The summed E-state index contributed by atoms with van der Waals surface area (Å²) in [7, 11) is 0. The normalized spacial score (nSPS) is 11.8. The van der Waals surface area contributed by atoms with Gasteiger partial charge in [0.25, 0.3) is 0 Å². The number of halogens is 4. The van der Waals surface area contributed by atoms with Crippen LogP contribution < -0.4 is 5.32 Å². The van der Waals surface area contributed by atoms with Crippen LogP contribution in [0, 0.1) is 0 Å². The van der Waals surface area contributed by atoms with E-state index in [2.05, 4.69) is 21.2 Å². The summed E-state index contributed by atoms with van der Waals surface area (Å²) in [5.74, 6) is 0. The molecular formula is C14H13BrF3NS. The maximum Gasteiger partial charge on any atom is 0.417 e. The van der Waals surface area contributed by atoms with Gasteiger partial charge in [0.2, 0.25) is 0 Å². The van der Waals surface area contributed by atoms with Crippen molar-refractivity contribution < 1.29 is 13.2 Å². The lowest BCUT2D eigenvalue weighted by atomic mass is 10.1. The topological polar surface area (TPSA) is 12.0 Å². The van der Waals surface area contributed by atoms with E-state index in [4.69, 9.17) is 0 Å². The predicted molar refractivity (Wildman–Crippen MR) is 79.8 cm³/mol. The Balaban J connectivity index is 2.39. The minimum atomic E-state index is -4.36. The van der Waals surface area contributed by atoms with Crippen LogP contribution in [0.2, 0.25) is 0 Å². The zero-order chi connectivity index (χ0) is 14.8. The maximum atomic E-state index is 13.1. The average Bonchev–Trinajstić information content (AvgIpc) is 2.84. The fraction of sp³-hybridized carbons (Fsp3) is 0.286. The zero-order valence-electron chi connectivity index (χ0n) is 10.7. The van der Waals surface area contributed by atoms with Gasteiger partial charge in [0.05, 0.1) is 5.56 Å². The highest BCUT2D eigenvalue weighted by molar-refractivity contribution is 9.10. The van der Waals surface area contributed by atoms with Crippen LogP contribution in [0.25, 0.3) is 10.4 Å². The quantitative estimate of drug-likeness (QED) is 0.776. The Morgan fingerprint density at radius 3 is 2.60 bits per heavy atom. The average molecular weight is 364 g/mol. The van der Waals surface area contributed by atoms with E-state index in [1.807, 2.05) is 13.0 Å². The van der Waals surface area contributed by atoms with Gasteiger partial charge in [-0.05, 0) is 30.8 Å². The van der Waals surface area contributed by atoms with Crippen molar-refractivity contribution in [2.24, 2.45) is 0 Å². The summed E-state index contributed by atoms with van der Waals surface area (Å²) in [5.41, 5.74) is -0.378. The second kappa shape index (κ2) is 6.28. The Labute approximate surface area is 128 Å². The molecule has 1 heterocycles. The summed E-state index contributed by atoms with van der Waals surface area (Å²) in [4.78, 5) is 1.66. The summed E-state index contributed by atoms with van der Waals surface area (Å²) in [6, 6.07) is 7.88. The van der Waals surface area contributed by atoms with Gasteiger partial charge in [0.15, 0.2) is 0 Å². The summed E-state index contributed by atoms with van der Waals surface area (Å²) < 4.78 is 39.7. The number of hydrogen-bond donors (Lipinski definition) is 1. The lowest BCUT2D eigenvalue weighted by molar-refractivity contribution is -0.137. The fourth-order valence-electron chi connectivity index (χ4n) is 1.83. The third-order valence-corrected chi connectivity index (χ3v) is 4.38. The molecule has 0 aliphatic carbocycles. The molecule has 1 nitrogen and oxygen atoms in total. The first-order chi connectivity index (χ1) is 9.41. The van der Waals surface area contributed by atoms with Crippen LogP contribution >= 0.6 is 27.3 Å². The van der Waals surface area contributed by atoms with Gasteiger partial charge in [0.1, 0.15) is 0 Å². The highest BCUT2D eigenvalue weighted by Crippen LogP contribution is 2.40. The third-order valence-electron chi connectivity index (χ3n) is 2.76. The van der Waals surface area contributed by atoms with Crippen molar-refractivity contribution in [2.45, 2.75) is 19.6 Å². The second-order valence-corrected chi connectivity index (χ2v) is 6.32. The van der Waals surface area contributed by atoms with E-state index in [0.29, 0.717) is 15.9 Å². The molecule has 0 atom stereocenters. The number of nitrogens with one attached hydrogen (secondary N) is 1. The van der Waals surface area contributed by atoms with Crippen LogP contribution in [0.15, 0.2) is 34.8 Å². The molecule has 0 saturated heterocycles. The molecule has 0 saturated carbocycles. The lowest BCUT2D eigenvalue weighted by Crippen LogP contribution is -2.10. The summed E-state index contributed by atoms with van der Waals surface area (Å²) in [6.45, 7) is 3.50. The minimum Gasteiger partial charge on any atom is -0.312 e. The predicted octanol–water partition coefficient (Wildman–Crippen LogP) is 5.31. The van der Waals surface area contributed by atoms with Crippen LogP contribution in [0.4, 0.5) is 13.2 Å². The van der Waals surface area contributed by atoms with Crippen LogP contribution in [-0.2, 0) is 12.7 Å². The smallest absolute Gasteiger partial charge is 0.312 e.